The maximum atomic E-state index is 12.4. The van der Waals surface area contributed by atoms with Gasteiger partial charge in [-0.1, -0.05) is 34.1 Å². The first-order chi connectivity index (χ1) is 23.3. The Labute approximate surface area is 443 Å². The molecule has 2 aliphatic carbocycles. The fourth-order valence-electron chi connectivity index (χ4n) is 7.39. The van der Waals surface area contributed by atoms with Crippen LogP contribution in [0.4, 0.5) is 5.82 Å². The van der Waals surface area contributed by atoms with Crippen LogP contribution in [0, 0.1) is 23.2 Å². The summed E-state index contributed by atoms with van der Waals surface area (Å²) in [6.07, 6.45) is 5.39. The molecule has 1 N–H and O–H groups in total. The fraction of sp³-hybridized carbons (Fsp3) is 0.844. The van der Waals surface area contributed by atoms with Crippen LogP contribution in [-0.2, 0) is 35.3 Å². The van der Waals surface area contributed by atoms with Gasteiger partial charge in [-0.2, -0.15) is 15.5 Å². The number of nitrogens with one attached hydrogen (secondary N) is 1. The van der Waals surface area contributed by atoms with Crippen molar-refractivity contribution in [2.75, 3.05) is 31.2 Å². The van der Waals surface area contributed by atoms with Crippen molar-refractivity contribution in [3.05, 3.63) is 11.3 Å². The van der Waals surface area contributed by atoms with Gasteiger partial charge in [0.2, 0.25) is 5.91 Å². The maximum absolute atomic E-state index is 12.4. The molecule has 2 saturated carbocycles. The Bertz CT molecular complexity index is 1540. The van der Waals surface area contributed by atoms with Crippen molar-refractivity contribution < 1.29 is 195 Å². The molecule has 6 atom stereocenters. The number of aromatic nitrogens is 2. The van der Waals surface area contributed by atoms with Gasteiger partial charge in [0.05, 0.1) is 44.1 Å². The predicted octanol–water partition coefficient (Wildman–Crippen LogP) is -6.20. The van der Waals surface area contributed by atoms with Crippen molar-refractivity contribution in [1.82, 2.24) is 20.0 Å². The van der Waals surface area contributed by atoms with Gasteiger partial charge in [0.15, 0.2) is 5.82 Å². The molecule has 6 unspecified atom stereocenters. The van der Waals surface area contributed by atoms with E-state index in [1.807, 2.05) is 20.8 Å². The van der Waals surface area contributed by atoms with Crippen LogP contribution in [0.3, 0.4) is 0 Å². The molecular weight excluding hydrogens is 808 g/mol. The van der Waals surface area contributed by atoms with Crippen LogP contribution < -0.4 is 165 Å². The van der Waals surface area contributed by atoms with Gasteiger partial charge in [0.25, 0.3) is 0 Å². The molecule has 53 heavy (non-hydrogen) atoms. The monoisotopic (exact) mass is 859 g/mol. The van der Waals surface area contributed by atoms with E-state index in [0.29, 0.717) is 62.3 Å². The van der Waals surface area contributed by atoms with Crippen molar-refractivity contribution in [3.63, 3.8) is 0 Å². The molecule has 16 nitrogen and oxygen atoms in total. The number of azo groups is 1. The average Bonchev–Trinajstić information content (AvgIpc) is 3.37. The van der Waals surface area contributed by atoms with E-state index in [1.54, 1.807) is 4.68 Å². The minimum absolute atomic E-state index is 0. The second-order valence-electron chi connectivity index (χ2n) is 14.8. The number of amides is 1. The SMILES string of the molecule is CC(=O)NC1CC(N(CCCCS(=O)(=O)[O-])CCCCS(=O)(=O)[O-])CCC1N=Nc1c(C#N)c(C(C)(C)C)nn1C1C(C)CCCC1CO[O-].[K+].[K+].[K+]. The Hall–Kier alpha value is 2.38. The molecule has 3 rings (SSSR count). The van der Waals surface area contributed by atoms with Crippen molar-refractivity contribution in [1.29, 1.82) is 5.26 Å². The molecule has 0 aliphatic heterocycles. The number of nitriles is 1. The second-order valence-corrected chi connectivity index (χ2v) is 17.9. The van der Waals surface area contributed by atoms with Crippen molar-refractivity contribution in [2.45, 2.75) is 128 Å². The molecule has 0 aromatic carbocycles. The predicted molar refractivity (Wildman–Crippen MR) is 180 cm³/mol. The quantitative estimate of drug-likeness (QED) is 0.0384. The van der Waals surface area contributed by atoms with E-state index in [0.717, 1.165) is 19.3 Å². The number of hydrogen-bond donors (Lipinski definition) is 1. The molecule has 284 valence electrons. The zero-order valence-electron chi connectivity index (χ0n) is 32.7. The molecule has 2 fully saturated rings. The molecule has 0 radical (unpaired) electrons. The summed E-state index contributed by atoms with van der Waals surface area (Å²) < 4.78 is 68.6. The van der Waals surface area contributed by atoms with Gasteiger partial charge in [-0.3, -0.25) is 4.79 Å². The van der Waals surface area contributed by atoms with Crippen molar-refractivity contribution >= 4 is 32.0 Å². The van der Waals surface area contributed by atoms with E-state index in [-0.39, 0.29) is 203 Å². The third-order valence-electron chi connectivity index (χ3n) is 9.74. The van der Waals surface area contributed by atoms with Gasteiger partial charge >= 0.3 is 154 Å². The van der Waals surface area contributed by atoms with Crippen LogP contribution in [0.5, 0.6) is 0 Å². The number of nitrogens with zero attached hydrogens (tertiary/aromatic N) is 6. The Morgan fingerprint density at radius 3 is 2.09 bits per heavy atom. The minimum atomic E-state index is -4.36. The first-order valence-corrected chi connectivity index (χ1v) is 20.6. The van der Waals surface area contributed by atoms with Gasteiger partial charge in [0.1, 0.15) is 11.6 Å². The van der Waals surface area contributed by atoms with Crippen LogP contribution >= 0.6 is 0 Å². The summed E-state index contributed by atoms with van der Waals surface area (Å²) in [5.74, 6) is -0.926. The first kappa shape index (κ1) is 55.4. The topological polar surface area (TPSA) is 245 Å². The van der Waals surface area contributed by atoms with Crippen LogP contribution in [0.1, 0.15) is 116 Å². The van der Waals surface area contributed by atoms with Crippen molar-refractivity contribution in [3.8, 4) is 6.07 Å². The van der Waals surface area contributed by atoms with E-state index in [4.69, 9.17) is 10.2 Å². The summed E-state index contributed by atoms with van der Waals surface area (Å²) in [5.41, 5.74) is 0.386. The third-order valence-corrected chi connectivity index (χ3v) is 11.3. The van der Waals surface area contributed by atoms with Gasteiger partial charge in [-0.15, -0.1) is 5.11 Å². The van der Waals surface area contributed by atoms with E-state index < -0.39 is 49.2 Å². The second kappa shape index (κ2) is 25.9. The summed E-state index contributed by atoms with van der Waals surface area (Å²) in [6, 6.07) is 1.07. The molecule has 1 amide bonds. The van der Waals surface area contributed by atoms with Crippen LogP contribution in [0.25, 0.3) is 0 Å². The Kier molecular flexibility index (Phi) is 27.0. The Morgan fingerprint density at radius 1 is 1.02 bits per heavy atom. The van der Waals surface area contributed by atoms with Crippen LogP contribution in [0.2, 0.25) is 0 Å². The molecule has 0 spiro atoms. The third kappa shape index (κ3) is 18.7. The molecule has 2 aliphatic rings. The minimum Gasteiger partial charge on any atom is -0.748 e. The molecule has 0 bridgehead atoms. The van der Waals surface area contributed by atoms with Gasteiger partial charge in [-0.05, 0) is 76.8 Å². The van der Waals surface area contributed by atoms with E-state index in [2.05, 4.69) is 33.2 Å². The van der Waals surface area contributed by atoms with E-state index >= 15 is 0 Å². The summed E-state index contributed by atoms with van der Waals surface area (Å²) in [7, 11) is -8.72. The number of rotatable bonds is 17. The molecule has 1 aromatic heterocycles. The van der Waals surface area contributed by atoms with E-state index in [9.17, 15) is 41.3 Å². The molecular formula is C32H52K3N7O9S2. The smallest absolute Gasteiger partial charge is 0.748 e. The molecule has 0 saturated heterocycles. The normalized spacial score (nSPS) is 23.8. The summed E-state index contributed by atoms with van der Waals surface area (Å²) in [4.78, 5) is 18.8. The molecule has 21 heteroatoms. The van der Waals surface area contributed by atoms with E-state index in [1.165, 1.54) is 6.92 Å². The Morgan fingerprint density at radius 2 is 1.60 bits per heavy atom. The van der Waals surface area contributed by atoms with Crippen molar-refractivity contribution in [2.24, 2.45) is 22.1 Å². The summed E-state index contributed by atoms with van der Waals surface area (Å²) in [6.45, 7) is 10.3. The fourth-order valence-corrected chi connectivity index (χ4v) is 8.50. The number of unbranched alkanes of at least 4 members (excludes halogenated alkanes) is 2. The van der Waals surface area contributed by atoms with Gasteiger partial charge in [0, 0.05) is 42.4 Å². The van der Waals surface area contributed by atoms with Crippen LogP contribution in [0.15, 0.2) is 10.2 Å². The van der Waals surface area contributed by atoms with Crippen LogP contribution in [-0.4, -0.2) is 95.9 Å². The zero-order valence-corrected chi connectivity index (χ0v) is 43.7. The summed E-state index contributed by atoms with van der Waals surface area (Å²) >= 11 is 0. The van der Waals surface area contributed by atoms with Gasteiger partial charge < -0.3 is 29.5 Å². The number of carbonyl (C=O) groups is 1. The number of hydrogen-bond acceptors (Lipinski definition) is 14. The largest absolute Gasteiger partial charge is 1.00 e. The van der Waals surface area contributed by atoms with Gasteiger partial charge in [-0.25, -0.2) is 21.5 Å². The first-order valence-electron chi connectivity index (χ1n) is 17.4. The zero-order chi connectivity index (χ0) is 37.3. The summed E-state index contributed by atoms with van der Waals surface area (Å²) in [5, 5.41) is 38.9. The molecule has 1 aromatic rings. The molecule has 1 heterocycles. The Balaban J connectivity index is 0.00000901. The average molecular weight is 860 g/mol. The number of carbonyl (C=O) groups excluding carboxylic acids is 1. The standard InChI is InChI=1S/C32H55N7O9S2.3K/c1-22-11-10-12-24(21-48-41)29(22)39-31(26(20-33)30(37-39)32(3,4)5)36-35-27-14-13-25(19-28(27)34-23(2)40)38(15-6-8-17-49(42,43)44)16-7-9-18-50(45,46)47;;;/h22,24-25,27-29,41H,6-19,21H2,1-5H3,(H,34,40)(H,42,43,44)(H,45,46,47);;;/q;3*+1/p-3. The maximum Gasteiger partial charge on any atom is 1.00 e.